The maximum atomic E-state index is 3.31. The largest absolute Gasteiger partial charge is 0.0622 e. The first kappa shape index (κ1) is 12.7. The predicted octanol–water partition coefficient (Wildman–Crippen LogP) is 4.49. The average molecular weight is 469 g/mol. The number of benzene rings is 1. The number of halogens is 4. The first-order valence-corrected chi connectivity index (χ1v) is 22.3. The van der Waals surface area contributed by atoms with Gasteiger partial charge in [0.05, 0.1) is 0 Å². The Balaban J connectivity index is 0.000000187. The first-order valence-electron chi connectivity index (χ1n) is 2.67. The van der Waals surface area contributed by atoms with Gasteiger partial charge in [-0.2, -0.15) is 0 Å². The van der Waals surface area contributed by atoms with Crippen molar-refractivity contribution in [2.24, 2.45) is 0 Å². The molecule has 0 bridgehead atoms. The van der Waals surface area contributed by atoms with Crippen molar-refractivity contribution in [1.82, 2.24) is 0 Å². The minimum absolute atomic E-state index is 1.75. The smallest absolute Gasteiger partial charge is 0.0184 e. The van der Waals surface area contributed by atoms with Gasteiger partial charge < -0.3 is 0 Å². The van der Waals surface area contributed by atoms with Crippen LogP contribution in [-0.4, -0.2) is 5.90 Å². The minimum Gasteiger partial charge on any atom is -0.0622 e. The van der Waals surface area contributed by atoms with E-state index in [9.17, 15) is 0 Å². The third-order valence-corrected chi connectivity index (χ3v) is 0.607. The van der Waals surface area contributed by atoms with Gasteiger partial charge in [0.1, 0.15) is 0 Å². The molecule has 0 saturated heterocycles. The summed E-state index contributed by atoms with van der Waals surface area (Å²) in [5.41, 5.74) is 0. The van der Waals surface area contributed by atoms with Crippen molar-refractivity contribution in [3.63, 3.8) is 0 Å². The van der Waals surface area contributed by atoms with Crippen LogP contribution >= 0.6 is 56.0 Å². The summed E-state index contributed by atoms with van der Waals surface area (Å²) in [5, 5.41) is 0. The fraction of sp³-hybridized carbons (Fsp3) is 0. The van der Waals surface area contributed by atoms with E-state index in [0.717, 1.165) is 0 Å². The van der Waals surface area contributed by atoms with Gasteiger partial charge in [-0.15, -0.1) is 0 Å². The third-order valence-electron chi connectivity index (χ3n) is 0.607. The molecular weight excluding hydrogens is 464 g/mol. The fourth-order valence-electron chi connectivity index (χ4n) is 0.342. The normalized spacial score (nSPS) is 9.82. The molecule has 0 aliphatic heterocycles. The monoisotopic (exact) mass is 467 g/mol. The Morgan fingerprint density at radius 1 is 0.818 bits per heavy atom. The third kappa shape index (κ3) is 18.6. The van der Waals surface area contributed by atoms with Crippen molar-refractivity contribution in [2.45, 2.75) is 0 Å². The average Bonchev–Trinajstić information content (AvgIpc) is 1.88. The standard InChI is InChI=1S/C6H5.Br4Ge/c1-2-4-6-5-3-1;1-5(2,3)4/h1-5H;. The van der Waals surface area contributed by atoms with E-state index in [1.807, 2.05) is 30.3 Å². The van der Waals surface area contributed by atoms with Crippen molar-refractivity contribution in [3.05, 3.63) is 36.4 Å². The summed E-state index contributed by atoms with van der Waals surface area (Å²) in [4.78, 5) is 0. The first-order chi connectivity index (χ1) is 5.00. The molecule has 0 aliphatic carbocycles. The van der Waals surface area contributed by atoms with Crippen molar-refractivity contribution in [2.75, 3.05) is 0 Å². The van der Waals surface area contributed by atoms with Crippen LogP contribution in [0.15, 0.2) is 30.3 Å². The van der Waals surface area contributed by atoms with E-state index in [1.165, 1.54) is 0 Å². The molecule has 0 atom stereocenters. The second-order valence-electron chi connectivity index (χ2n) is 1.51. The molecule has 0 N–H and O–H groups in total. The van der Waals surface area contributed by atoms with Crippen LogP contribution in [0.1, 0.15) is 0 Å². The second kappa shape index (κ2) is 7.12. The summed E-state index contributed by atoms with van der Waals surface area (Å²) in [5.74, 6) is -1.75. The summed E-state index contributed by atoms with van der Waals surface area (Å²) in [6.45, 7) is 0. The molecule has 1 rings (SSSR count). The van der Waals surface area contributed by atoms with Crippen LogP contribution in [0.4, 0.5) is 0 Å². The zero-order chi connectivity index (χ0) is 8.74. The topological polar surface area (TPSA) is 0 Å². The molecule has 0 aromatic heterocycles. The van der Waals surface area contributed by atoms with E-state index < -0.39 is 5.90 Å². The van der Waals surface area contributed by atoms with Crippen LogP contribution in [0.2, 0.25) is 0 Å². The van der Waals surface area contributed by atoms with Crippen LogP contribution < -0.4 is 0 Å². The van der Waals surface area contributed by atoms with Gasteiger partial charge in [-0.1, -0.05) is 30.3 Å². The Morgan fingerprint density at radius 2 is 1.18 bits per heavy atom. The molecule has 0 spiro atoms. The SMILES string of the molecule is [Br][Ge]([Br])([Br])[Br].[c]1ccccc1. The van der Waals surface area contributed by atoms with Crippen LogP contribution in [-0.2, 0) is 0 Å². The van der Waals surface area contributed by atoms with Gasteiger partial charge in [0, 0.05) is 0 Å². The summed E-state index contributed by atoms with van der Waals surface area (Å²) < 4.78 is 0. The zero-order valence-corrected chi connectivity index (χ0v) is 13.8. The van der Waals surface area contributed by atoms with Gasteiger partial charge in [0.25, 0.3) is 0 Å². The molecule has 61 valence electrons. The van der Waals surface area contributed by atoms with E-state index in [0.29, 0.717) is 0 Å². The summed E-state index contributed by atoms with van der Waals surface area (Å²) in [7, 11) is 0. The number of hydrogen-bond donors (Lipinski definition) is 0. The fourth-order valence-corrected chi connectivity index (χ4v) is 0.342. The summed E-state index contributed by atoms with van der Waals surface area (Å²) in [6, 6.07) is 12.5. The quantitative estimate of drug-likeness (QED) is 0.492. The van der Waals surface area contributed by atoms with Gasteiger partial charge in [-0.05, 0) is 6.07 Å². The maximum Gasteiger partial charge on any atom is -0.0184 e. The number of rotatable bonds is 0. The summed E-state index contributed by atoms with van der Waals surface area (Å²) in [6.07, 6.45) is 0. The van der Waals surface area contributed by atoms with Crippen molar-refractivity contribution in [3.8, 4) is 0 Å². The predicted molar refractivity (Wildman–Crippen MR) is 66.7 cm³/mol. The molecular formula is C6H5Br4Ge. The van der Waals surface area contributed by atoms with E-state index in [2.05, 4.69) is 62.1 Å². The van der Waals surface area contributed by atoms with E-state index in [-0.39, 0.29) is 0 Å². The maximum absolute atomic E-state index is 3.31. The number of hydrogen-bond acceptors (Lipinski definition) is 0. The van der Waals surface area contributed by atoms with Gasteiger partial charge in [-0.25, -0.2) is 0 Å². The van der Waals surface area contributed by atoms with Crippen molar-refractivity contribution < 1.29 is 0 Å². The van der Waals surface area contributed by atoms with Crippen LogP contribution in [0, 0.1) is 6.07 Å². The zero-order valence-electron chi connectivity index (χ0n) is 5.40. The van der Waals surface area contributed by atoms with Crippen molar-refractivity contribution in [1.29, 1.82) is 0 Å². The van der Waals surface area contributed by atoms with Gasteiger partial charge >= 0.3 is 61.9 Å². The molecule has 0 heterocycles. The Hall–Kier alpha value is 1.68. The van der Waals surface area contributed by atoms with Crippen LogP contribution in [0.3, 0.4) is 0 Å². The van der Waals surface area contributed by atoms with Crippen molar-refractivity contribution >= 4 is 61.9 Å². The molecule has 0 saturated carbocycles. The molecule has 0 unspecified atom stereocenters. The molecule has 0 aliphatic rings. The Labute approximate surface area is 97.0 Å². The second-order valence-corrected chi connectivity index (χ2v) is 61.2. The van der Waals surface area contributed by atoms with Crippen LogP contribution in [0.25, 0.3) is 0 Å². The molecule has 0 fully saturated rings. The van der Waals surface area contributed by atoms with E-state index in [4.69, 9.17) is 0 Å². The minimum atomic E-state index is -1.75. The molecule has 0 amide bonds. The Kier molecular flexibility index (Phi) is 8.21. The Morgan fingerprint density at radius 3 is 1.27 bits per heavy atom. The molecule has 1 aromatic rings. The van der Waals surface area contributed by atoms with E-state index >= 15 is 0 Å². The summed E-state index contributed by atoms with van der Waals surface area (Å²) >= 11 is 13.2. The molecule has 1 aromatic carbocycles. The van der Waals surface area contributed by atoms with E-state index in [1.54, 1.807) is 0 Å². The van der Waals surface area contributed by atoms with Gasteiger partial charge in [-0.3, -0.25) is 0 Å². The van der Waals surface area contributed by atoms with Gasteiger partial charge in [0.2, 0.25) is 0 Å². The van der Waals surface area contributed by atoms with Crippen LogP contribution in [0.5, 0.6) is 0 Å². The molecule has 5 heteroatoms. The molecule has 11 heavy (non-hydrogen) atoms. The Bertz CT molecular complexity index is 139. The van der Waals surface area contributed by atoms with Gasteiger partial charge in [0.15, 0.2) is 0 Å². The molecule has 1 radical (unpaired) electrons. The molecule has 0 nitrogen and oxygen atoms in total.